The number of ether oxygens (including phenoxy) is 1. The van der Waals surface area contributed by atoms with E-state index in [9.17, 15) is 5.11 Å². The Hall–Kier alpha value is -1.44. The van der Waals surface area contributed by atoms with Crippen molar-refractivity contribution >= 4 is 0 Å². The zero-order valence-electron chi connectivity index (χ0n) is 9.11. The zero-order chi connectivity index (χ0) is 11.1. The van der Waals surface area contributed by atoms with Crippen LogP contribution in [-0.4, -0.2) is 6.61 Å². The second kappa shape index (κ2) is 6.12. The predicted octanol–water partition coefficient (Wildman–Crippen LogP) is 2.30. The van der Waals surface area contributed by atoms with E-state index in [1.165, 1.54) is 5.57 Å². The minimum absolute atomic E-state index is 0.332. The Balaban J connectivity index is 2.36. The lowest BCUT2D eigenvalue weighted by Gasteiger charge is -2.19. The van der Waals surface area contributed by atoms with Gasteiger partial charge in [0.1, 0.15) is 0 Å². The van der Waals surface area contributed by atoms with E-state index in [-0.39, 0.29) is 0 Å². The second-order valence-electron chi connectivity index (χ2n) is 3.80. The molecule has 0 aromatic carbocycles. The van der Waals surface area contributed by atoms with Gasteiger partial charge in [0, 0.05) is 5.95 Å². The normalized spacial score (nSPS) is 16.7. The Morgan fingerprint density at radius 2 is 2.40 bits per heavy atom. The van der Waals surface area contributed by atoms with E-state index in [0.29, 0.717) is 12.5 Å². The van der Waals surface area contributed by atoms with Crippen molar-refractivity contribution in [3.63, 3.8) is 0 Å². The van der Waals surface area contributed by atoms with Crippen LogP contribution in [0.25, 0.3) is 0 Å². The van der Waals surface area contributed by atoms with Crippen molar-refractivity contribution < 1.29 is 9.84 Å². The first-order chi connectivity index (χ1) is 7.18. The van der Waals surface area contributed by atoms with Crippen molar-refractivity contribution in [3.8, 4) is 0 Å². The summed E-state index contributed by atoms with van der Waals surface area (Å²) in [6.45, 7) is 5.67. The number of hydrogen-bond acceptors (Lipinski definition) is 2. The molecular weight excluding hydrogens is 188 g/mol. The van der Waals surface area contributed by atoms with Crippen molar-refractivity contribution in [1.29, 1.82) is 0 Å². The van der Waals surface area contributed by atoms with Crippen LogP contribution >= 0.6 is 0 Å². The molecule has 0 aromatic rings. The molecule has 1 unspecified atom stereocenters. The molecule has 1 aliphatic rings. The molecule has 0 fully saturated rings. The van der Waals surface area contributed by atoms with Crippen LogP contribution in [0.15, 0.2) is 48.5 Å². The molecule has 0 N–H and O–H groups in total. The Bertz CT molecular complexity index is 298. The topological polar surface area (TPSA) is 32.3 Å². The second-order valence-corrected chi connectivity index (χ2v) is 3.80. The molecule has 0 amide bonds. The summed E-state index contributed by atoms with van der Waals surface area (Å²) in [5.74, 6) is -0.120. The summed E-state index contributed by atoms with van der Waals surface area (Å²) in [7, 11) is 0. The van der Waals surface area contributed by atoms with E-state index in [0.717, 1.165) is 12.8 Å². The molecule has 0 aromatic heterocycles. The Morgan fingerprint density at radius 1 is 1.60 bits per heavy atom. The first kappa shape index (κ1) is 11.6. The monoisotopic (exact) mass is 205 g/mol. The fourth-order valence-corrected chi connectivity index (χ4v) is 1.46. The molecule has 0 saturated heterocycles. The van der Waals surface area contributed by atoms with Crippen molar-refractivity contribution in [2.45, 2.75) is 19.8 Å². The van der Waals surface area contributed by atoms with Gasteiger partial charge in [0.15, 0.2) is 0 Å². The Kier molecular flexibility index (Phi) is 4.75. The molecule has 1 aliphatic carbocycles. The van der Waals surface area contributed by atoms with E-state index >= 15 is 0 Å². The van der Waals surface area contributed by atoms with Crippen molar-refractivity contribution in [2.24, 2.45) is 5.92 Å². The fourth-order valence-electron chi connectivity index (χ4n) is 1.46. The summed E-state index contributed by atoms with van der Waals surface area (Å²) in [6, 6.07) is 0. The quantitative estimate of drug-likeness (QED) is 0.645. The van der Waals surface area contributed by atoms with Crippen LogP contribution in [0.3, 0.4) is 0 Å². The van der Waals surface area contributed by atoms with Gasteiger partial charge in [0.25, 0.3) is 0 Å². The average molecular weight is 205 g/mol. The van der Waals surface area contributed by atoms with Crippen LogP contribution in [0.2, 0.25) is 0 Å². The lowest BCUT2D eigenvalue weighted by molar-refractivity contribution is -0.357. The van der Waals surface area contributed by atoms with E-state index in [2.05, 4.69) is 43.9 Å². The summed E-state index contributed by atoms with van der Waals surface area (Å²) in [4.78, 5) is 0. The fraction of sp³-hybridized carbons (Fsp3) is 0.385. The Labute approximate surface area is 91.3 Å². The van der Waals surface area contributed by atoms with Crippen molar-refractivity contribution in [1.82, 2.24) is 0 Å². The van der Waals surface area contributed by atoms with Gasteiger partial charge in [-0.05, 0) is 30.9 Å². The molecule has 2 heteroatoms. The van der Waals surface area contributed by atoms with Crippen LogP contribution < -0.4 is 5.11 Å². The molecule has 0 aliphatic heterocycles. The third-order valence-electron chi connectivity index (χ3n) is 2.16. The number of hydrogen-bond donors (Lipinski definition) is 0. The van der Waals surface area contributed by atoms with Gasteiger partial charge in [-0.25, -0.2) is 0 Å². The van der Waals surface area contributed by atoms with E-state index in [1.54, 1.807) is 0 Å². The molecular formula is C13H17O2-. The molecule has 1 atom stereocenters. The lowest BCUT2D eigenvalue weighted by Crippen LogP contribution is -2.12. The summed E-state index contributed by atoms with van der Waals surface area (Å²) in [5.41, 5.74) is 1.27. The van der Waals surface area contributed by atoms with Gasteiger partial charge >= 0.3 is 0 Å². The van der Waals surface area contributed by atoms with E-state index in [4.69, 9.17) is 4.74 Å². The summed E-state index contributed by atoms with van der Waals surface area (Å²) < 4.78 is 4.86. The first-order valence-corrected chi connectivity index (χ1v) is 5.19. The van der Waals surface area contributed by atoms with Gasteiger partial charge in [-0.1, -0.05) is 43.9 Å². The van der Waals surface area contributed by atoms with Crippen molar-refractivity contribution in [3.05, 3.63) is 48.5 Å². The van der Waals surface area contributed by atoms with Crippen LogP contribution in [0.1, 0.15) is 19.8 Å². The highest BCUT2D eigenvalue weighted by atomic mass is 16.6. The van der Waals surface area contributed by atoms with Crippen LogP contribution in [0, 0.1) is 5.92 Å². The lowest BCUT2D eigenvalue weighted by atomic mass is 10.0. The molecule has 0 saturated carbocycles. The zero-order valence-corrected chi connectivity index (χ0v) is 9.11. The van der Waals surface area contributed by atoms with Gasteiger partial charge in [0.2, 0.25) is 0 Å². The third kappa shape index (κ3) is 5.11. The summed E-state index contributed by atoms with van der Waals surface area (Å²) in [5, 5.41) is 10.5. The van der Waals surface area contributed by atoms with Gasteiger partial charge in [-0.2, -0.15) is 0 Å². The van der Waals surface area contributed by atoms with Gasteiger partial charge in [-0.15, -0.1) is 0 Å². The van der Waals surface area contributed by atoms with Gasteiger partial charge < -0.3 is 9.84 Å². The number of allylic oxidation sites excluding steroid dienone is 6. The third-order valence-corrected chi connectivity index (χ3v) is 2.16. The van der Waals surface area contributed by atoms with Crippen molar-refractivity contribution in [2.75, 3.05) is 6.61 Å². The predicted molar refractivity (Wildman–Crippen MR) is 59.9 cm³/mol. The Morgan fingerprint density at radius 3 is 3.13 bits per heavy atom. The minimum atomic E-state index is -0.452. The standard InChI is InChI=1S/C13H18O2/c1-11(10-15-12(2)14)9-13-7-5-3-4-6-8-13/h3,5-8,11,14H,2,4,9-10H2,1H3/p-1. The molecule has 82 valence electrons. The molecule has 2 nitrogen and oxygen atoms in total. The summed E-state index contributed by atoms with van der Waals surface area (Å²) in [6.07, 6.45) is 12.5. The minimum Gasteiger partial charge on any atom is -0.613 e. The van der Waals surface area contributed by atoms with E-state index < -0.39 is 5.95 Å². The average Bonchev–Trinajstić information content (AvgIpc) is 2.43. The molecule has 0 bridgehead atoms. The highest BCUT2D eigenvalue weighted by Gasteiger charge is 2.02. The maximum absolute atomic E-state index is 10.5. The van der Waals surface area contributed by atoms with Crippen LogP contribution in [0.5, 0.6) is 0 Å². The molecule has 0 radical (unpaired) electrons. The first-order valence-electron chi connectivity index (χ1n) is 5.19. The van der Waals surface area contributed by atoms with Crippen LogP contribution in [-0.2, 0) is 4.74 Å². The highest BCUT2D eigenvalue weighted by molar-refractivity contribution is 5.27. The largest absolute Gasteiger partial charge is 0.613 e. The van der Waals surface area contributed by atoms with E-state index in [1.807, 2.05) is 0 Å². The van der Waals surface area contributed by atoms with Gasteiger partial charge in [0.05, 0.1) is 0 Å². The SMILES string of the molecule is C=C([O-])OCC(C)CC1=CC=CCC=C1. The maximum Gasteiger partial charge on any atom is 0.0438 e. The smallest absolute Gasteiger partial charge is 0.0438 e. The highest BCUT2D eigenvalue weighted by Crippen LogP contribution is 2.15. The number of rotatable bonds is 5. The molecule has 15 heavy (non-hydrogen) atoms. The summed E-state index contributed by atoms with van der Waals surface area (Å²) >= 11 is 0. The molecule has 0 heterocycles. The molecule has 0 spiro atoms. The van der Waals surface area contributed by atoms with Gasteiger partial charge in [-0.3, -0.25) is 0 Å². The maximum atomic E-state index is 10.5. The van der Waals surface area contributed by atoms with Crippen LogP contribution in [0.4, 0.5) is 0 Å². The molecule has 1 rings (SSSR count).